The molecule has 0 bridgehead atoms. The van der Waals surface area contributed by atoms with E-state index in [0.29, 0.717) is 28.6 Å². The Bertz CT molecular complexity index is 948. The quantitative estimate of drug-likeness (QED) is 0.762. The van der Waals surface area contributed by atoms with Crippen LogP contribution in [0.25, 0.3) is 0 Å². The largest absolute Gasteiger partial charge is 0.340 e. The molecule has 0 aliphatic heterocycles. The number of nitriles is 1. The first-order chi connectivity index (χ1) is 12.1. The molecule has 0 radical (unpaired) electrons. The van der Waals surface area contributed by atoms with Gasteiger partial charge in [-0.1, -0.05) is 24.3 Å². The van der Waals surface area contributed by atoms with Gasteiger partial charge in [0, 0.05) is 17.4 Å². The van der Waals surface area contributed by atoms with Crippen molar-refractivity contribution in [2.75, 3.05) is 10.6 Å². The van der Waals surface area contributed by atoms with Crippen molar-refractivity contribution in [3.8, 4) is 6.07 Å². The summed E-state index contributed by atoms with van der Waals surface area (Å²) in [5, 5.41) is 14.9. The average Bonchev–Trinajstić information content (AvgIpc) is 2.62. The van der Waals surface area contributed by atoms with E-state index in [2.05, 4.69) is 26.7 Å². The fourth-order valence-electron chi connectivity index (χ4n) is 2.28. The van der Waals surface area contributed by atoms with Gasteiger partial charge in [-0.2, -0.15) is 5.26 Å². The number of carbonyl (C=O) groups is 1. The minimum atomic E-state index is -0.314. The monoisotopic (exact) mass is 329 g/mol. The van der Waals surface area contributed by atoms with Crippen molar-refractivity contribution in [3.63, 3.8) is 0 Å². The number of aryl methyl sites for hydroxylation is 1. The Morgan fingerprint density at radius 1 is 1.00 bits per heavy atom. The van der Waals surface area contributed by atoms with E-state index >= 15 is 0 Å². The molecular weight excluding hydrogens is 314 g/mol. The van der Waals surface area contributed by atoms with Gasteiger partial charge in [-0.05, 0) is 37.3 Å². The molecule has 122 valence electrons. The van der Waals surface area contributed by atoms with E-state index in [-0.39, 0.29) is 11.6 Å². The van der Waals surface area contributed by atoms with Crippen molar-refractivity contribution >= 4 is 23.1 Å². The van der Waals surface area contributed by atoms with Crippen LogP contribution in [-0.4, -0.2) is 15.9 Å². The maximum absolute atomic E-state index is 12.4. The number of benzene rings is 2. The number of anilines is 3. The molecule has 3 aromatic rings. The number of hydrogen-bond acceptors (Lipinski definition) is 5. The molecule has 6 nitrogen and oxygen atoms in total. The molecule has 0 saturated heterocycles. The molecule has 6 heteroatoms. The van der Waals surface area contributed by atoms with Gasteiger partial charge in [0.15, 0.2) is 0 Å². The van der Waals surface area contributed by atoms with Gasteiger partial charge < -0.3 is 10.6 Å². The molecule has 3 rings (SSSR count). The SMILES string of the molecule is Cc1nc(Nc2cccc(C#N)c2)cc(C(=O)Nc2ccccc2)n1. The smallest absolute Gasteiger partial charge is 0.274 e. The van der Waals surface area contributed by atoms with Crippen LogP contribution in [0.5, 0.6) is 0 Å². The summed E-state index contributed by atoms with van der Waals surface area (Å²) in [6, 6.07) is 19.9. The summed E-state index contributed by atoms with van der Waals surface area (Å²) < 4.78 is 0. The lowest BCUT2D eigenvalue weighted by molar-refractivity contribution is 0.102. The van der Waals surface area contributed by atoms with Gasteiger partial charge in [0.1, 0.15) is 17.3 Å². The van der Waals surface area contributed by atoms with Gasteiger partial charge in [-0.25, -0.2) is 9.97 Å². The molecule has 25 heavy (non-hydrogen) atoms. The van der Waals surface area contributed by atoms with Crippen LogP contribution < -0.4 is 10.6 Å². The molecule has 0 saturated carbocycles. The lowest BCUT2D eigenvalue weighted by Gasteiger charge is -2.09. The zero-order valence-electron chi connectivity index (χ0n) is 13.5. The van der Waals surface area contributed by atoms with Crippen LogP contribution in [0.3, 0.4) is 0 Å². The summed E-state index contributed by atoms with van der Waals surface area (Å²) >= 11 is 0. The summed E-state index contributed by atoms with van der Waals surface area (Å²) in [7, 11) is 0. The number of amides is 1. The van der Waals surface area contributed by atoms with Crippen LogP contribution in [0.1, 0.15) is 21.9 Å². The molecule has 0 atom stereocenters. The zero-order valence-corrected chi connectivity index (χ0v) is 13.5. The first kappa shape index (κ1) is 16.1. The van der Waals surface area contributed by atoms with E-state index in [1.165, 1.54) is 0 Å². The number of nitrogens with one attached hydrogen (secondary N) is 2. The van der Waals surface area contributed by atoms with E-state index in [1.54, 1.807) is 43.3 Å². The Kier molecular flexibility index (Phi) is 4.67. The number of aromatic nitrogens is 2. The normalized spacial score (nSPS) is 9.92. The molecule has 0 aliphatic carbocycles. The fourth-order valence-corrected chi connectivity index (χ4v) is 2.28. The average molecular weight is 329 g/mol. The van der Waals surface area contributed by atoms with Crippen molar-refractivity contribution in [1.82, 2.24) is 9.97 Å². The number of rotatable bonds is 4. The predicted molar refractivity (Wildman–Crippen MR) is 95.6 cm³/mol. The van der Waals surface area contributed by atoms with Crippen molar-refractivity contribution in [2.45, 2.75) is 6.92 Å². The molecule has 1 amide bonds. The molecule has 0 fully saturated rings. The Morgan fingerprint density at radius 2 is 1.76 bits per heavy atom. The summed E-state index contributed by atoms with van der Waals surface area (Å²) in [6.45, 7) is 1.72. The molecule has 1 aromatic heterocycles. The predicted octanol–water partition coefficient (Wildman–Crippen LogP) is 3.65. The first-order valence-corrected chi connectivity index (χ1v) is 7.63. The van der Waals surface area contributed by atoms with Gasteiger partial charge in [0.05, 0.1) is 11.6 Å². The second-order valence-electron chi connectivity index (χ2n) is 5.32. The maximum Gasteiger partial charge on any atom is 0.274 e. The zero-order chi connectivity index (χ0) is 17.6. The minimum Gasteiger partial charge on any atom is -0.340 e. The van der Waals surface area contributed by atoms with E-state index in [4.69, 9.17) is 5.26 Å². The minimum absolute atomic E-state index is 0.260. The molecular formula is C19H15N5O. The van der Waals surface area contributed by atoms with E-state index in [1.807, 2.05) is 24.3 Å². The van der Waals surface area contributed by atoms with E-state index < -0.39 is 0 Å². The third kappa shape index (κ3) is 4.18. The summed E-state index contributed by atoms with van der Waals surface area (Å²) in [5.41, 5.74) is 2.21. The van der Waals surface area contributed by atoms with Crippen molar-refractivity contribution in [1.29, 1.82) is 5.26 Å². The highest BCUT2D eigenvalue weighted by atomic mass is 16.1. The highest BCUT2D eigenvalue weighted by molar-refractivity contribution is 6.03. The standard InChI is InChI=1S/C19H15N5O/c1-13-21-17(19(25)24-15-7-3-2-4-8-15)11-18(22-13)23-16-9-5-6-14(10-16)12-20/h2-11H,1H3,(H,24,25)(H,21,22,23). The second kappa shape index (κ2) is 7.23. The summed E-state index contributed by atoms with van der Waals surface area (Å²) in [5.74, 6) is 0.644. The number of para-hydroxylation sites is 1. The molecule has 2 aromatic carbocycles. The first-order valence-electron chi connectivity index (χ1n) is 7.63. The van der Waals surface area contributed by atoms with Crippen LogP contribution in [0, 0.1) is 18.3 Å². The van der Waals surface area contributed by atoms with Gasteiger partial charge in [-0.3, -0.25) is 4.79 Å². The molecule has 1 heterocycles. The third-order valence-electron chi connectivity index (χ3n) is 3.37. The number of hydrogen-bond donors (Lipinski definition) is 2. The fraction of sp³-hybridized carbons (Fsp3) is 0.0526. The van der Waals surface area contributed by atoms with E-state index in [9.17, 15) is 4.79 Å². The molecule has 0 unspecified atom stereocenters. The maximum atomic E-state index is 12.4. The van der Waals surface area contributed by atoms with Crippen LogP contribution >= 0.6 is 0 Å². The lowest BCUT2D eigenvalue weighted by Crippen LogP contribution is -2.15. The molecule has 2 N–H and O–H groups in total. The number of nitrogens with zero attached hydrogens (tertiary/aromatic N) is 3. The van der Waals surface area contributed by atoms with Crippen LogP contribution in [-0.2, 0) is 0 Å². The van der Waals surface area contributed by atoms with Crippen LogP contribution in [0.4, 0.5) is 17.2 Å². The van der Waals surface area contributed by atoms with Crippen molar-refractivity contribution < 1.29 is 4.79 Å². The Morgan fingerprint density at radius 3 is 2.52 bits per heavy atom. The lowest BCUT2D eigenvalue weighted by atomic mass is 10.2. The Balaban J connectivity index is 1.82. The Labute approximate surface area is 145 Å². The summed E-state index contributed by atoms with van der Waals surface area (Å²) in [6.07, 6.45) is 0. The number of carbonyl (C=O) groups excluding carboxylic acids is 1. The van der Waals surface area contributed by atoms with Gasteiger partial charge in [-0.15, -0.1) is 0 Å². The molecule has 0 spiro atoms. The van der Waals surface area contributed by atoms with Crippen molar-refractivity contribution in [3.05, 3.63) is 77.7 Å². The highest BCUT2D eigenvalue weighted by Gasteiger charge is 2.11. The molecule has 0 aliphatic rings. The van der Waals surface area contributed by atoms with Gasteiger partial charge in [0.2, 0.25) is 0 Å². The van der Waals surface area contributed by atoms with Crippen molar-refractivity contribution in [2.24, 2.45) is 0 Å². The van der Waals surface area contributed by atoms with Gasteiger partial charge in [0.25, 0.3) is 5.91 Å². The second-order valence-corrected chi connectivity index (χ2v) is 5.32. The van der Waals surface area contributed by atoms with Crippen LogP contribution in [0.2, 0.25) is 0 Å². The topological polar surface area (TPSA) is 90.7 Å². The Hall–Kier alpha value is -3.72. The van der Waals surface area contributed by atoms with E-state index in [0.717, 1.165) is 0 Å². The summed E-state index contributed by atoms with van der Waals surface area (Å²) in [4.78, 5) is 20.9. The van der Waals surface area contributed by atoms with Crippen LogP contribution in [0.15, 0.2) is 60.7 Å². The third-order valence-corrected chi connectivity index (χ3v) is 3.37. The van der Waals surface area contributed by atoms with Gasteiger partial charge >= 0.3 is 0 Å². The highest BCUT2D eigenvalue weighted by Crippen LogP contribution is 2.17.